The van der Waals surface area contributed by atoms with Crippen molar-refractivity contribution in [2.45, 2.75) is 0 Å². The first-order valence-corrected chi connectivity index (χ1v) is 17.1. The van der Waals surface area contributed by atoms with Gasteiger partial charge in [-0.05, 0) is 103 Å². The van der Waals surface area contributed by atoms with E-state index in [2.05, 4.69) is 193 Å². The van der Waals surface area contributed by atoms with Gasteiger partial charge in [-0.3, -0.25) is 0 Å². The molecule has 50 heavy (non-hydrogen) atoms. The molecule has 234 valence electrons. The minimum atomic E-state index is 0.869. The molecule has 0 amide bonds. The zero-order valence-electron chi connectivity index (χ0n) is 27.3. The summed E-state index contributed by atoms with van der Waals surface area (Å²) in [5.41, 5.74) is 9.78. The maximum absolute atomic E-state index is 6.71. The fourth-order valence-corrected chi connectivity index (χ4v) is 7.79. The van der Waals surface area contributed by atoms with E-state index < -0.39 is 0 Å². The van der Waals surface area contributed by atoms with E-state index in [1.54, 1.807) is 0 Å². The van der Waals surface area contributed by atoms with Gasteiger partial charge in [0.25, 0.3) is 0 Å². The van der Waals surface area contributed by atoms with Crippen LogP contribution in [0.15, 0.2) is 192 Å². The van der Waals surface area contributed by atoms with Crippen LogP contribution < -0.4 is 4.90 Å². The van der Waals surface area contributed by atoms with Gasteiger partial charge in [-0.1, -0.05) is 140 Å². The summed E-state index contributed by atoms with van der Waals surface area (Å²) in [5, 5.41) is 9.69. The van der Waals surface area contributed by atoms with E-state index in [1.165, 1.54) is 54.6 Å². The Kier molecular flexibility index (Phi) is 6.53. The van der Waals surface area contributed by atoms with Crippen LogP contribution in [-0.4, -0.2) is 0 Å². The van der Waals surface area contributed by atoms with Gasteiger partial charge >= 0.3 is 0 Å². The summed E-state index contributed by atoms with van der Waals surface area (Å²) in [5.74, 6) is 0. The number of rotatable bonds is 5. The summed E-state index contributed by atoms with van der Waals surface area (Å²) in [4.78, 5) is 2.36. The van der Waals surface area contributed by atoms with Gasteiger partial charge in [-0.2, -0.15) is 0 Å². The highest BCUT2D eigenvalue weighted by Crippen LogP contribution is 2.47. The second-order valence-corrected chi connectivity index (χ2v) is 12.9. The number of anilines is 3. The summed E-state index contributed by atoms with van der Waals surface area (Å²) < 4.78 is 6.71. The summed E-state index contributed by atoms with van der Waals surface area (Å²) in [6, 6.07) is 67.3. The average Bonchev–Trinajstić information content (AvgIpc) is 3.58. The van der Waals surface area contributed by atoms with E-state index in [0.29, 0.717) is 0 Å². The van der Waals surface area contributed by atoms with Crippen molar-refractivity contribution in [1.82, 2.24) is 0 Å². The van der Waals surface area contributed by atoms with Crippen LogP contribution >= 0.6 is 0 Å². The molecule has 2 nitrogen and oxygen atoms in total. The van der Waals surface area contributed by atoms with E-state index >= 15 is 0 Å². The second kappa shape index (κ2) is 11.5. The molecule has 0 aliphatic carbocycles. The number of benzene rings is 9. The van der Waals surface area contributed by atoms with Crippen LogP contribution in [0.5, 0.6) is 0 Å². The predicted octanol–water partition coefficient (Wildman–Crippen LogP) is 13.8. The molecule has 0 atom stereocenters. The van der Waals surface area contributed by atoms with E-state index in [0.717, 1.165) is 39.0 Å². The maximum Gasteiger partial charge on any atom is 0.137 e. The highest BCUT2D eigenvalue weighted by Gasteiger charge is 2.22. The fourth-order valence-electron chi connectivity index (χ4n) is 7.79. The zero-order valence-corrected chi connectivity index (χ0v) is 27.3. The van der Waals surface area contributed by atoms with Crippen molar-refractivity contribution >= 4 is 71.3 Å². The van der Waals surface area contributed by atoms with Gasteiger partial charge in [-0.25, -0.2) is 0 Å². The Hall–Kier alpha value is -6.64. The van der Waals surface area contributed by atoms with Crippen LogP contribution in [0.1, 0.15) is 0 Å². The number of fused-ring (bicyclic) bond motifs is 8. The molecule has 0 saturated carbocycles. The lowest BCUT2D eigenvalue weighted by atomic mass is 9.93. The molecular formula is C48H31NO. The number of para-hydroxylation sites is 1. The molecule has 0 unspecified atom stereocenters. The Labute approximate surface area is 290 Å². The quantitative estimate of drug-likeness (QED) is 0.175. The van der Waals surface area contributed by atoms with Crippen molar-refractivity contribution in [3.05, 3.63) is 188 Å². The van der Waals surface area contributed by atoms with Gasteiger partial charge in [0.15, 0.2) is 0 Å². The Bertz CT molecular complexity index is 2850. The lowest BCUT2D eigenvalue weighted by Crippen LogP contribution is -2.10. The van der Waals surface area contributed by atoms with Crippen LogP contribution in [0, 0.1) is 0 Å². The topological polar surface area (TPSA) is 16.4 Å². The predicted molar refractivity (Wildman–Crippen MR) is 212 cm³/mol. The van der Waals surface area contributed by atoms with Crippen molar-refractivity contribution in [2.75, 3.05) is 4.90 Å². The first-order chi connectivity index (χ1) is 24.8. The van der Waals surface area contributed by atoms with Crippen molar-refractivity contribution in [2.24, 2.45) is 0 Å². The maximum atomic E-state index is 6.71. The average molecular weight is 638 g/mol. The van der Waals surface area contributed by atoms with Gasteiger partial charge in [0, 0.05) is 16.8 Å². The highest BCUT2D eigenvalue weighted by molar-refractivity contribution is 6.25. The van der Waals surface area contributed by atoms with Gasteiger partial charge in [0.2, 0.25) is 0 Å². The summed E-state index contributed by atoms with van der Waals surface area (Å²) in [6.45, 7) is 0. The van der Waals surface area contributed by atoms with Gasteiger partial charge in [0.1, 0.15) is 11.2 Å². The molecule has 1 aromatic heterocycles. The molecule has 0 radical (unpaired) electrons. The molecule has 10 aromatic rings. The molecule has 0 fully saturated rings. The van der Waals surface area contributed by atoms with E-state index in [9.17, 15) is 0 Å². The van der Waals surface area contributed by atoms with Crippen molar-refractivity contribution in [3.8, 4) is 22.3 Å². The summed E-state index contributed by atoms with van der Waals surface area (Å²) in [7, 11) is 0. The molecule has 0 bridgehead atoms. The molecule has 10 rings (SSSR count). The molecule has 0 aliphatic heterocycles. The molecule has 0 N–H and O–H groups in total. The zero-order chi connectivity index (χ0) is 33.0. The number of hydrogen-bond donors (Lipinski definition) is 0. The Balaban J connectivity index is 1.19. The molecule has 0 spiro atoms. The number of nitrogens with zero attached hydrogens (tertiary/aromatic N) is 1. The van der Waals surface area contributed by atoms with Crippen LogP contribution in [0.4, 0.5) is 17.1 Å². The molecule has 0 saturated heterocycles. The monoisotopic (exact) mass is 637 g/mol. The molecule has 9 aromatic carbocycles. The lowest BCUT2D eigenvalue weighted by Gasteiger charge is -2.26. The third kappa shape index (κ3) is 4.50. The molecular weight excluding hydrogens is 607 g/mol. The van der Waals surface area contributed by atoms with Crippen LogP contribution in [-0.2, 0) is 0 Å². The normalized spacial score (nSPS) is 11.6. The van der Waals surface area contributed by atoms with Crippen molar-refractivity contribution in [3.63, 3.8) is 0 Å². The molecule has 2 heteroatoms. The van der Waals surface area contributed by atoms with Gasteiger partial charge < -0.3 is 9.32 Å². The fraction of sp³-hybridized carbons (Fsp3) is 0. The van der Waals surface area contributed by atoms with Crippen LogP contribution in [0.2, 0.25) is 0 Å². The smallest absolute Gasteiger partial charge is 0.137 e. The highest BCUT2D eigenvalue weighted by atomic mass is 16.3. The third-order valence-corrected chi connectivity index (χ3v) is 10.0. The first kappa shape index (κ1) is 28.4. The molecule has 1 heterocycles. The van der Waals surface area contributed by atoms with Crippen molar-refractivity contribution in [1.29, 1.82) is 0 Å². The van der Waals surface area contributed by atoms with Crippen LogP contribution in [0.25, 0.3) is 76.5 Å². The minimum absolute atomic E-state index is 0.869. The van der Waals surface area contributed by atoms with E-state index in [-0.39, 0.29) is 0 Å². The SMILES string of the molecule is c1ccc(-c2cc3oc4cccc(N(c5ccccc5)c5ccc(-c6cc7ccccc7c7ccccc67)cc5)c4c3c3ccccc23)cc1. The van der Waals surface area contributed by atoms with Gasteiger partial charge in [0.05, 0.1) is 11.1 Å². The number of furan rings is 1. The van der Waals surface area contributed by atoms with Crippen LogP contribution in [0.3, 0.4) is 0 Å². The van der Waals surface area contributed by atoms with Gasteiger partial charge in [-0.15, -0.1) is 0 Å². The Morgan fingerprint density at radius 3 is 1.66 bits per heavy atom. The summed E-state index contributed by atoms with van der Waals surface area (Å²) in [6.07, 6.45) is 0. The Morgan fingerprint density at radius 2 is 0.900 bits per heavy atom. The Morgan fingerprint density at radius 1 is 0.340 bits per heavy atom. The second-order valence-electron chi connectivity index (χ2n) is 12.9. The van der Waals surface area contributed by atoms with E-state index in [1.807, 2.05) is 0 Å². The number of hydrogen-bond acceptors (Lipinski definition) is 2. The third-order valence-electron chi connectivity index (χ3n) is 10.0. The first-order valence-electron chi connectivity index (χ1n) is 17.1. The lowest BCUT2D eigenvalue weighted by molar-refractivity contribution is 0.669. The standard InChI is InChI=1S/C48H31NO/c1-3-14-32(15-4-1)43-31-46-47(41-23-12-11-22-40(41)43)48-44(24-13-25-45(48)50-46)49(35-17-5-2-6-18-35)36-28-26-33(27-29-36)42-30-34-16-7-8-19-37(34)38-20-9-10-21-39(38)42/h1-31H. The van der Waals surface area contributed by atoms with Crippen molar-refractivity contribution < 1.29 is 4.42 Å². The molecule has 0 aliphatic rings. The summed E-state index contributed by atoms with van der Waals surface area (Å²) >= 11 is 0. The minimum Gasteiger partial charge on any atom is -0.456 e. The largest absolute Gasteiger partial charge is 0.456 e. The van der Waals surface area contributed by atoms with E-state index in [4.69, 9.17) is 4.42 Å².